The third-order valence-electron chi connectivity index (χ3n) is 3.72. The normalized spacial score (nSPS) is 10.5. The first kappa shape index (κ1) is 18.6. The van der Waals surface area contributed by atoms with Crippen molar-refractivity contribution in [2.75, 3.05) is 11.9 Å². The zero-order chi connectivity index (χ0) is 17.7. The SMILES string of the molecule is CCCCOc1c(Cl)cc(C(=O)Nc2c(C)cccc2C)cc1Cl. The van der Waals surface area contributed by atoms with Crippen LogP contribution in [0.2, 0.25) is 10.0 Å². The van der Waals surface area contributed by atoms with E-state index in [9.17, 15) is 4.79 Å². The molecule has 0 bridgehead atoms. The minimum absolute atomic E-state index is 0.253. The minimum atomic E-state index is -0.253. The summed E-state index contributed by atoms with van der Waals surface area (Å²) in [7, 11) is 0. The lowest BCUT2D eigenvalue weighted by Gasteiger charge is -2.14. The van der Waals surface area contributed by atoms with Gasteiger partial charge in [-0.25, -0.2) is 0 Å². The summed E-state index contributed by atoms with van der Waals surface area (Å²) in [5.74, 6) is 0.173. The number of carbonyl (C=O) groups is 1. The van der Waals surface area contributed by atoms with E-state index in [1.807, 2.05) is 32.0 Å². The van der Waals surface area contributed by atoms with Crippen LogP contribution in [0.4, 0.5) is 5.69 Å². The Balaban J connectivity index is 2.21. The molecule has 0 heterocycles. The molecule has 0 fully saturated rings. The Morgan fingerprint density at radius 1 is 1.12 bits per heavy atom. The molecule has 0 aliphatic heterocycles. The number of ether oxygens (including phenoxy) is 1. The highest BCUT2D eigenvalue weighted by atomic mass is 35.5. The van der Waals surface area contributed by atoms with E-state index in [-0.39, 0.29) is 5.91 Å². The van der Waals surface area contributed by atoms with Gasteiger partial charge in [0.25, 0.3) is 5.91 Å². The number of halogens is 2. The Morgan fingerprint density at radius 2 is 1.71 bits per heavy atom. The molecule has 0 saturated carbocycles. The molecule has 0 saturated heterocycles. The number of amides is 1. The van der Waals surface area contributed by atoms with Gasteiger partial charge in [0.15, 0.2) is 5.75 Å². The van der Waals surface area contributed by atoms with E-state index in [0.717, 1.165) is 29.7 Å². The lowest BCUT2D eigenvalue weighted by Crippen LogP contribution is -2.14. The molecule has 2 aromatic carbocycles. The van der Waals surface area contributed by atoms with Crippen LogP contribution in [0, 0.1) is 13.8 Å². The predicted octanol–water partition coefficient (Wildman–Crippen LogP) is 6.04. The summed E-state index contributed by atoms with van der Waals surface area (Å²) in [6, 6.07) is 9.02. The summed E-state index contributed by atoms with van der Waals surface area (Å²) in [6.45, 7) is 6.53. The lowest BCUT2D eigenvalue weighted by molar-refractivity contribution is 0.102. The number of unbranched alkanes of at least 4 members (excludes halogenated alkanes) is 1. The van der Waals surface area contributed by atoms with E-state index in [1.54, 1.807) is 12.1 Å². The maximum absolute atomic E-state index is 12.5. The topological polar surface area (TPSA) is 38.3 Å². The van der Waals surface area contributed by atoms with Crippen LogP contribution in [0.25, 0.3) is 0 Å². The standard InChI is InChI=1S/C19H21Cl2NO2/c1-4-5-9-24-18-15(20)10-14(11-16(18)21)19(23)22-17-12(2)7-6-8-13(17)3/h6-8,10-11H,4-5,9H2,1-3H3,(H,22,23). The number of hydrogen-bond acceptors (Lipinski definition) is 2. The van der Waals surface area contributed by atoms with Gasteiger partial charge in [-0.15, -0.1) is 0 Å². The second-order valence-electron chi connectivity index (χ2n) is 5.69. The molecule has 0 unspecified atom stereocenters. The number of benzene rings is 2. The van der Waals surface area contributed by atoms with Crippen molar-refractivity contribution in [1.82, 2.24) is 0 Å². The number of anilines is 1. The average molecular weight is 366 g/mol. The Morgan fingerprint density at radius 3 is 2.25 bits per heavy atom. The molecular formula is C19H21Cl2NO2. The molecule has 0 radical (unpaired) electrons. The second-order valence-corrected chi connectivity index (χ2v) is 6.51. The molecule has 2 aromatic rings. The molecule has 0 atom stereocenters. The monoisotopic (exact) mass is 365 g/mol. The van der Waals surface area contributed by atoms with E-state index in [0.29, 0.717) is 28.0 Å². The molecular weight excluding hydrogens is 345 g/mol. The predicted molar refractivity (Wildman–Crippen MR) is 101 cm³/mol. The van der Waals surface area contributed by atoms with Gasteiger partial charge < -0.3 is 10.1 Å². The van der Waals surface area contributed by atoms with Crippen molar-refractivity contribution in [3.8, 4) is 5.75 Å². The zero-order valence-corrected chi connectivity index (χ0v) is 15.6. The van der Waals surface area contributed by atoms with E-state index < -0.39 is 0 Å². The molecule has 24 heavy (non-hydrogen) atoms. The van der Waals surface area contributed by atoms with Crippen LogP contribution >= 0.6 is 23.2 Å². The van der Waals surface area contributed by atoms with Crippen molar-refractivity contribution in [3.05, 3.63) is 57.1 Å². The van der Waals surface area contributed by atoms with Gasteiger partial charge in [0.2, 0.25) is 0 Å². The molecule has 2 rings (SSSR count). The fraction of sp³-hybridized carbons (Fsp3) is 0.316. The highest BCUT2D eigenvalue weighted by Gasteiger charge is 2.15. The summed E-state index contributed by atoms with van der Waals surface area (Å²) in [4.78, 5) is 12.5. The molecule has 0 aromatic heterocycles. The number of hydrogen-bond donors (Lipinski definition) is 1. The van der Waals surface area contributed by atoms with Crippen LogP contribution in [0.5, 0.6) is 5.75 Å². The van der Waals surface area contributed by atoms with Crippen molar-refractivity contribution in [3.63, 3.8) is 0 Å². The van der Waals surface area contributed by atoms with Crippen molar-refractivity contribution < 1.29 is 9.53 Å². The zero-order valence-electron chi connectivity index (χ0n) is 14.1. The molecule has 0 aliphatic carbocycles. The fourth-order valence-electron chi connectivity index (χ4n) is 2.34. The molecule has 1 amide bonds. The first-order chi connectivity index (χ1) is 11.4. The summed E-state index contributed by atoms with van der Waals surface area (Å²) < 4.78 is 5.60. The molecule has 3 nitrogen and oxygen atoms in total. The first-order valence-electron chi connectivity index (χ1n) is 7.93. The van der Waals surface area contributed by atoms with Gasteiger partial charge in [-0.3, -0.25) is 4.79 Å². The Hall–Kier alpha value is -1.71. The fourth-order valence-corrected chi connectivity index (χ4v) is 2.94. The second kappa shape index (κ2) is 8.41. The maximum Gasteiger partial charge on any atom is 0.255 e. The van der Waals surface area contributed by atoms with Crippen molar-refractivity contribution in [2.45, 2.75) is 33.6 Å². The highest BCUT2D eigenvalue weighted by Crippen LogP contribution is 2.34. The lowest BCUT2D eigenvalue weighted by atomic mass is 10.1. The number of aryl methyl sites for hydroxylation is 2. The van der Waals surface area contributed by atoms with Gasteiger partial charge in [-0.2, -0.15) is 0 Å². The largest absolute Gasteiger partial charge is 0.490 e. The van der Waals surface area contributed by atoms with Crippen molar-refractivity contribution in [1.29, 1.82) is 0 Å². The summed E-state index contributed by atoms with van der Waals surface area (Å²) in [6.07, 6.45) is 1.94. The average Bonchev–Trinajstić information content (AvgIpc) is 2.53. The summed E-state index contributed by atoms with van der Waals surface area (Å²) in [5.41, 5.74) is 3.20. The summed E-state index contributed by atoms with van der Waals surface area (Å²) >= 11 is 12.5. The van der Waals surface area contributed by atoms with E-state index >= 15 is 0 Å². The Labute approximate surface area is 152 Å². The molecule has 128 valence electrons. The van der Waals surface area contributed by atoms with Crippen molar-refractivity contribution in [2.24, 2.45) is 0 Å². The van der Waals surface area contributed by atoms with Gasteiger partial charge in [0.1, 0.15) is 0 Å². The molecule has 0 aliphatic rings. The van der Waals surface area contributed by atoms with Crippen LogP contribution in [0.3, 0.4) is 0 Å². The van der Waals surface area contributed by atoms with E-state index in [2.05, 4.69) is 12.2 Å². The number of para-hydroxylation sites is 1. The van der Waals surface area contributed by atoms with Gasteiger partial charge in [-0.1, -0.05) is 54.7 Å². The number of carbonyl (C=O) groups excluding carboxylic acids is 1. The van der Waals surface area contributed by atoms with Crippen LogP contribution < -0.4 is 10.1 Å². The van der Waals surface area contributed by atoms with E-state index in [1.165, 1.54) is 0 Å². The van der Waals surface area contributed by atoms with Crippen LogP contribution in [0.1, 0.15) is 41.3 Å². The van der Waals surface area contributed by atoms with Gasteiger partial charge >= 0.3 is 0 Å². The Bertz CT molecular complexity index is 701. The molecule has 0 spiro atoms. The summed E-state index contributed by atoms with van der Waals surface area (Å²) in [5, 5.41) is 3.60. The molecule has 1 N–H and O–H groups in total. The minimum Gasteiger partial charge on any atom is -0.490 e. The van der Waals surface area contributed by atoms with Gasteiger partial charge in [0.05, 0.1) is 16.7 Å². The van der Waals surface area contributed by atoms with E-state index in [4.69, 9.17) is 27.9 Å². The maximum atomic E-state index is 12.5. The smallest absolute Gasteiger partial charge is 0.255 e. The number of rotatable bonds is 6. The molecule has 5 heteroatoms. The Kier molecular flexibility index (Phi) is 6.52. The number of nitrogens with one attached hydrogen (secondary N) is 1. The van der Waals surface area contributed by atoms with Gasteiger partial charge in [-0.05, 0) is 43.5 Å². The first-order valence-corrected chi connectivity index (χ1v) is 8.69. The third-order valence-corrected chi connectivity index (χ3v) is 4.29. The van der Waals surface area contributed by atoms with Crippen LogP contribution in [0.15, 0.2) is 30.3 Å². The van der Waals surface area contributed by atoms with Crippen LogP contribution in [-0.2, 0) is 0 Å². The third kappa shape index (κ3) is 4.43. The van der Waals surface area contributed by atoms with Crippen molar-refractivity contribution >= 4 is 34.8 Å². The highest BCUT2D eigenvalue weighted by molar-refractivity contribution is 6.37. The quantitative estimate of drug-likeness (QED) is 0.633. The van der Waals surface area contributed by atoms with Crippen LogP contribution in [-0.4, -0.2) is 12.5 Å². The van der Waals surface area contributed by atoms with Gasteiger partial charge in [0, 0.05) is 11.3 Å².